The van der Waals surface area contributed by atoms with Gasteiger partial charge in [0.15, 0.2) is 5.82 Å². The molecule has 4 heteroatoms. The third kappa shape index (κ3) is 2.48. The van der Waals surface area contributed by atoms with E-state index in [2.05, 4.69) is 65.3 Å². The van der Waals surface area contributed by atoms with Gasteiger partial charge in [-0.15, -0.1) is 5.10 Å². The average molecular weight is 300 g/mol. The third-order valence-electron chi connectivity index (χ3n) is 3.90. The Labute approximate surface area is 134 Å². The van der Waals surface area contributed by atoms with Crippen LogP contribution >= 0.6 is 0 Å². The summed E-state index contributed by atoms with van der Waals surface area (Å²) in [6.07, 6.45) is 1.78. The van der Waals surface area contributed by atoms with Crippen molar-refractivity contribution in [1.29, 1.82) is 0 Å². The van der Waals surface area contributed by atoms with E-state index in [1.807, 2.05) is 18.2 Å². The highest BCUT2D eigenvalue weighted by Gasteiger charge is 2.11. The minimum atomic E-state index is 0.610. The fourth-order valence-corrected chi connectivity index (χ4v) is 2.56. The van der Waals surface area contributed by atoms with E-state index in [1.54, 1.807) is 10.7 Å². The quantitative estimate of drug-likeness (QED) is 0.560. The lowest BCUT2D eigenvalue weighted by molar-refractivity contribution is 0.951. The maximum absolute atomic E-state index is 4.65. The second-order valence-corrected chi connectivity index (χ2v) is 5.71. The van der Waals surface area contributed by atoms with E-state index in [-0.39, 0.29) is 0 Å². The lowest BCUT2D eigenvalue weighted by atomic mass is 10.1. The molecule has 4 aromatic rings. The molecular weight excluding hydrogens is 284 g/mol. The molecule has 0 bridgehead atoms. The van der Waals surface area contributed by atoms with Crippen LogP contribution in [0.3, 0.4) is 0 Å². The first kappa shape index (κ1) is 13.6. The third-order valence-corrected chi connectivity index (χ3v) is 3.90. The number of hydrogen-bond donors (Lipinski definition) is 0. The Morgan fingerprint density at radius 3 is 2.00 bits per heavy atom. The van der Waals surface area contributed by atoms with Crippen LogP contribution in [0.5, 0.6) is 0 Å². The summed E-state index contributed by atoms with van der Waals surface area (Å²) in [5.74, 6) is 1.30. The summed E-state index contributed by atoms with van der Waals surface area (Å²) >= 11 is 0. The van der Waals surface area contributed by atoms with Crippen molar-refractivity contribution >= 4 is 5.78 Å². The summed E-state index contributed by atoms with van der Waals surface area (Å²) in [7, 11) is 0. The number of fused-ring (bicyclic) bond motifs is 1. The Kier molecular flexibility index (Phi) is 3.15. The van der Waals surface area contributed by atoms with Crippen molar-refractivity contribution in [3.05, 3.63) is 71.9 Å². The van der Waals surface area contributed by atoms with Gasteiger partial charge < -0.3 is 0 Å². The van der Waals surface area contributed by atoms with Crippen molar-refractivity contribution in [2.24, 2.45) is 0 Å². The molecule has 0 fully saturated rings. The topological polar surface area (TPSA) is 43.1 Å². The zero-order valence-electron chi connectivity index (χ0n) is 13.1. The van der Waals surface area contributed by atoms with Gasteiger partial charge in [-0.25, -0.2) is 4.98 Å². The Balaban J connectivity index is 1.87. The van der Waals surface area contributed by atoms with E-state index in [4.69, 9.17) is 0 Å². The highest BCUT2D eigenvalue weighted by molar-refractivity contribution is 5.64. The molecule has 0 aliphatic carbocycles. The van der Waals surface area contributed by atoms with Gasteiger partial charge in [0.05, 0.1) is 5.69 Å². The number of rotatable bonds is 2. The van der Waals surface area contributed by atoms with Gasteiger partial charge >= 0.3 is 0 Å². The van der Waals surface area contributed by atoms with Gasteiger partial charge in [-0.1, -0.05) is 59.7 Å². The molecule has 0 radical (unpaired) electrons. The highest BCUT2D eigenvalue weighted by atomic mass is 15.3. The van der Waals surface area contributed by atoms with Crippen molar-refractivity contribution in [2.75, 3.05) is 0 Å². The van der Waals surface area contributed by atoms with Crippen LogP contribution in [0.4, 0.5) is 0 Å². The summed E-state index contributed by atoms with van der Waals surface area (Å²) < 4.78 is 1.81. The molecule has 0 unspecified atom stereocenters. The lowest BCUT2D eigenvalue weighted by Gasteiger charge is -2.03. The second kappa shape index (κ2) is 5.32. The Morgan fingerprint density at radius 2 is 1.35 bits per heavy atom. The van der Waals surface area contributed by atoms with Crippen LogP contribution in [-0.4, -0.2) is 19.6 Å². The first-order valence-electron chi connectivity index (χ1n) is 7.56. The van der Waals surface area contributed by atoms with Gasteiger partial charge in [-0.2, -0.15) is 9.50 Å². The van der Waals surface area contributed by atoms with E-state index in [9.17, 15) is 0 Å². The van der Waals surface area contributed by atoms with Crippen LogP contribution in [0.1, 0.15) is 11.1 Å². The molecule has 0 N–H and O–H groups in total. The summed E-state index contributed by atoms with van der Waals surface area (Å²) in [5, 5.41) is 4.65. The van der Waals surface area contributed by atoms with E-state index in [0.717, 1.165) is 16.8 Å². The van der Waals surface area contributed by atoms with Crippen LogP contribution in [0, 0.1) is 13.8 Å². The standard InChI is InChI=1S/C19H16N4/c1-13-3-7-15(8-4-13)17-11-12-20-19-21-18(22-23(17)19)16-9-5-14(2)6-10-16/h3-12H,1-2H3. The van der Waals surface area contributed by atoms with E-state index < -0.39 is 0 Å². The average Bonchev–Trinajstić information content (AvgIpc) is 3.00. The fourth-order valence-electron chi connectivity index (χ4n) is 2.56. The monoisotopic (exact) mass is 300 g/mol. The van der Waals surface area contributed by atoms with Gasteiger partial charge in [0.1, 0.15) is 0 Å². The Morgan fingerprint density at radius 1 is 0.739 bits per heavy atom. The Hall–Kier alpha value is -3.01. The molecule has 0 aliphatic rings. The van der Waals surface area contributed by atoms with Crippen molar-refractivity contribution in [2.45, 2.75) is 13.8 Å². The smallest absolute Gasteiger partial charge is 0.220 e. The molecule has 0 amide bonds. The van der Waals surface area contributed by atoms with Crippen molar-refractivity contribution in [3.63, 3.8) is 0 Å². The summed E-state index contributed by atoms with van der Waals surface area (Å²) in [6, 6.07) is 18.6. The molecule has 0 aliphatic heterocycles. The summed E-state index contributed by atoms with van der Waals surface area (Å²) in [5.41, 5.74) is 5.54. The Bertz CT molecular complexity index is 967. The predicted octanol–water partition coefficient (Wildman–Crippen LogP) is 4.08. The minimum Gasteiger partial charge on any atom is -0.220 e. The largest absolute Gasteiger partial charge is 0.253 e. The molecule has 2 aromatic carbocycles. The minimum absolute atomic E-state index is 0.610. The first-order chi connectivity index (χ1) is 11.2. The van der Waals surface area contributed by atoms with Crippen LogP contribution in [-0.2, 0) is 0 Å². The van der Waals surface area contributed by atoms with Gasteiger partial charge in [0, 0.05) is 17.3 Å². The maximum atomic E-state index is 4.65. The van der Waals surface area contributed by atoms with Gasteiger partial charge in [0.2, 0.25) is 0 Å². The lowest BCUT2D eigenvalue weighted by Crippen LogP contribution is -1.95. The normalized spacial score (nSPS) is 11.0. The van der Waals surface area contributed by atoms with E-state index in [0.29, 0.717) is 11.6 Å². The number of aryl methyl sites for hydroxylation is 2. The van der Waals surface area contributed by atoms with E-state index in [1.165, 1.54) is 11.1 Å². The van der Waals surface area contributed by atoms with Crippen molar-refractivity contribution in [3.8, 4) is 22.6 Å². The second-order valence-electron chi connectivity index (χ2n) is 5.71. The number of aromatic nitrogens is 4. The molecular formula is C19H16N4. The highest BCUT2D eigenvalue weighted by Crippen LogP contribution is 2.22. The zero-order valence-corrected chi connectivity index (χ0v) is 13.1. The molecule has 0 atom stereocenters. The molecule has 23 heavy (non-hydrogen) atoms. The SMILES string of the molecule is Cc1ccc(-c2nc3nccc(-c4ccc(C)cc4)n3n2)cc1. The molecule has 0 saturated heterocycles. The molecule has 0 spiro atoms. The molecule has 4 rings (SSSR count). The van der Waals surface area contributed by atoms with Crippen LogP contribution in [0.15, 0.2) is 60.8 Å². The number of benzene rings is 2. The van der Waals surface area contributed by atoms with Crippen molar-refractivity contribution in [1.82, 2.24) is 19.6 Å². The van der Waals surface area contributed by atoms with E-state index >= 15 is 0 Å². The fraction of sp³-hybridized carbons (Fsp3) is 0.105. The van der Waals surface area contributed by atoms with Crippen molar-refractivity contribution < 1.29 is 0 Å². The molecule has 2 heterocycles. The van der Waals surface area contributed by atoms with Gasteiger partial charge in [-0.05, 0) is 19.9 Å². The molecule has 112 valence electrons. The molecule has 2 aromatic heterocycles. The number of hydrogen-bond acceptors (Lipinski definition) is 3. The van der Waals surface area contributed by atoms with Crippen LogP contribution < -0.4 is 0 Å². The van der Waals surface area contributed by atoms with Crippen LogP contribution in [0.2, 0.25) is 0 Å². The van der Waals surface area contributed by atoms with Gasteiger partial charge in [0.25, 0.3) is 5.78 Å². The van der Waals surface area contributed by atoms with Gasteiger partial charge in [-0.3, -0.25) is 0 Å². The summed E-state index contributed by atoms with van der Waals surface area (Å²) in [6.45, 7) is 4.15. The zero-order chi connectivity index (χ0) is 15.8. The first-order valence-corrected chi connectivity index (χ1v) is 7.56. The molecule has 0 saturated carbocycles. The summed E-state index contributed by atoms with van der Waals surface area (Å²) in [4.78, 5) is 8.90. The predicted molar refractivity (Wildman–Crippen MR) is 91.1 cm³/mol. The van der Waals surface area contributed by atoms with Crippen LogP contribution in [0.25, 0.3) is 28.4 Å². The number of nitrogens with zero attached hydrogens (tertiary/aromatic N) is 4. The maximum Gasteiger partial charge on any atom is 0.253 e. The molecule has 4 nitrogen and oxygen atoms in total.